The first-order chi connectivity index (χ1) is 7.27. The van der Waals surface area contributed by atoms with Crippen molar-refractivity contribution >= 4 is 19.2 Å². The van der Waals surface area contributed by atoms with Gasteiger partial charge in [0, 0.05) is 10.6 Å². The van der Waals surface area contributed by atoms with E-state index in [-0.39, 0.29) is 20.2 Å². The molecule has 0 saturated carbocycles. The summed E-state index contributed by atoms with van der Waals surface area (Å²) >= 11 is 0. The van der Waals surface area contributed by atoms with Crippen molar-refractivity contribution in [3.05, 3.63) is 60.2 Å². The number of benzene rings is 2. The number of hydrogen-bond donors (Lipinski definition) is 0. The fraction of sp³-hybridized carbons (Fsp3) is 0. The Hall–Kier alpha value is -1.27. The van der Waals surface area contributed by atoms with Crippen molar-refractivity contribution in [1.82, 2.24) is 0 Å². The maximum absolute atomic E-state index is 13.3. The third-order valence-corrected chi connectivity index (χ3v) is 3.37. The van der Waals surface area contributed by atoms with Gasteiger partial charge in [-0.25, -0.2) is 8.78 Å². The van der Waals surface area contributed by atoms with Gasteiger partial charge >= 0.3 is 0 Å². The van der Waals surface area contributed by atoms with E-state index in [9.17, 15) is 8.78 Å². The van der Waals surface area contributed by atoms with Crippen molar-refractivity contribution in [2.75, 3.05) is 0 Å². The third-order valence-electron chi connectivity index (χ3n) is 2.02. The first-order valence-corrected chi connectivity index (χ1v) is 5.53. The Morgan fingerprint density at radius 2 is 1.07 bits per heavy atom. The Balaban J connectivity index is 2.30. The molecule has 2 aromatic rings. The SMILES string of the molecule is Fc1ccccc1Pc1ccccc1F. The Morgan fingerprint density at radius 1 is 0.667 bits per heavy atom. The molecule has 0 heterocycles. The quantitative estimate of drug-likeness (QED) is 0.685. The van der Waals surface area contributed by atoms with Gasteiger partial charge in [0.25, 0.3) is 0 Å². The second-order valence-corrected chi connectivity index (χ2v) is 4.41. The van der Waals surface area contributed by atoms with Gasteiger partial charge in [0.1, 0.15) is 11.6 Å². The van der Waals surface area contributed by atoms with Crippen LogP contribution in [0.15, 0.2) is 48.5 Å². The van der Waals surface area contributed by atoms with Crippen molar-refractivity contribution < 1.29 is 8.78 Å². The van der Waals surface area contributed by atoms with Gasteiger partial charge in [0.15, 0.2) is 0 Å². The summed E-state index contributed by atoms with van der Waals surface area (Å²) in [6, 6.07) is 12.9. The van der Waals surface area contributed by atoms with Gasteiger partial charge in [-0.15, -0.1) is 0 Å². The highest BCUT2D eigenvalue weighted by Gasteiger charge is 2.05. The highest BCUT2D eigenvalue weighted by atomic mass is 31.1. The summed E-state index contributed by atoms with van der Waals surface area (Å²) < 4.78 is 26.6. The Morgan fingerprint density at radius 3 is 1.47 bits per heavy atom. The van der Waals surface area contributed by atoms with E-state index in [1.165, 1.54) is 12.1 Å². The minimum atomic E-state index is -0.279. The first-order valence-electron chi connectivity index (χ1n) is 4.53. The molecule has 2 aromatic carbocycles. The summed E-state index contributed by atoms with van der Waals surface area (Å²) in [4.78, 5) is 0. The molecule has 0 unspecified atom stereocenters. The Kier molecular flexibility index (Phi) is 3.08. The van der Waals surface area contributed by atoms with Crippen LogP contribution in [0, 0.1) is 11.6 Å². The molecule has 0 amide bonds. The van der Waals surface area contributed by atoms with E-state index in [1.54, 1.807) is 36.4 Å². The van der Waals surface area contributed by atoms with E-state index in [4.69, 9.17) is 0 Å². The number of rotatable bonds is 2. The molecule has 3 heteroatoms. The van der Waals surface area contributed by atoms with E-state index in [0.717, 1.165) is 0 Å². The molecular formula is C12H9F2P. The summed E-state index contributed by atoms with van der Waals surface area (Å²) in [5.41, 5.74) is 0. The van der Waals surface area contributed by atoms with Crippen LogP contribution in [0.1, 0.15) is 0 Å². The average molecular weight is 222 g/mol. The lowest BCUT2D eigenvalue weighted by molar-refractivity contribution is 0.635. The third kappa shape index (κ3) is 2.40. The van der Waals surface area contributed by atoms with Crippen LogP contribution in [0.2, 0.25) is 0 Å². The lowest BCUT2D eigenvalue weighted by atomic mass is 10.3. The molecular weight excluding hydrogens is 213 g/mol. The second kappa shape index (κ2) is 4.50. The van der Waals surface area contributed by atoms with Crippen LogP contribution >= 0.6 is 8.58 Å². The van der Waals surface area contributed by atoms with Gasteiger partial charge in [-0.05, 0) is 12.1 Å². The molecule has 15 heavy (non-hydrogen) atoms. The van der Waals surface area contributed by atoms with Crippen LogP contribution in [-0.2, 0) is 0 Å². The van der Waals surface area contributed by atoms with Crippen LogP contribution in [0.25, 0.3) is 0 Å². The molecule has 76 valence electrons. The molecule has 0 atom stereocenters. The Labute approximate surface area is 88.7 Å². The number of halogens is 2. The fourth-order valence-electron chi connectivity index (χ4n) is 1.27. The maximum Gasteiger partial charge on any atom is 0.130 e. The summed E-state index contributed by atoms with van der Waals surface area (Å²) in [5.74, 6) is -0.557. The minimum Gasteiger partial charge on any atom is -0.206 e. The van der Waals surface area contributed by atoms with Gasteiger partial charge in [-0.3, -0.25) is 0 Å². The van der Waals surface area contributed by atoms with E-state index in [1.807, 2.05) is 0 Å². The topological polar surface area (TPSA) is 0 Å². The lowest BCUT2D eigenvalue weighted by Gasteiger charge is -2.04. The predicted octanol–water partition coefficient (Wildman–Crippen LogP) is 2.59. The standard InChI is InChI=1S/C12H9F2P/c13-9-5-1-3-7-11(9)15-12-8-4-2-6-10(12)14/h1-8,15H. The van der Waals surface area contributed by atoms with Crippen LogP contribution < -0.4 is 10.6 Å². The van der Waals surface area contributed by atoms with Crippen LogP contribution in [0.4, 0.5) is 8.78 Å². The molecule has 2 rings (SSSR count). The van der Waals surface area contributed by atoms with Crippen molar-refractivity contribution in [3.63, 3.8) is 0 Å². The van der Waals surface area contributed by atoms with Crippen LogP contribution in [0.5, 0.6) is 0 Å². The van der Waals surface area contributed by atoms with Gasteiger partial charge in [-0.2, -0.15) is 0 Å². The Bertz CT molecular complexity index is 425. The zero-order chi connectivity index (χ0) is 10.7. The zero-order valence-electron chi connectivity index (χ0n) is 7.87. The highest BCUT2D eigenvalue weighted by molar-refractivity contribution is 7.55. The highest BCUT2D eigenvalue weighted by Crippen LogP contribution is 2.14. The normalized spacial score (nSPS) is 10.3. The van der Waals surface area contributed by atoms with Crippen molar-refractivity contribution in [1.29, 1.82) is 0 Å². The number of hydrogen-bond acceptors (Lipinski definition) is 0. The summed E-state index contributed by atoms with van der Waals surface area (Å²) in [5, 5.41) is 1.09. The summed E-state index contributed by atoms with van der Waals surface area (Å²) in [6.07, 6.45) is 0. The predicted molar refractivity (Wildman–Crippen MR) is 60.4 cm³/mol. The molecule has 0 fully saturated rings. The van der Waals surface area contributed by atoms with E-state index < -0.39 is 0 Å². The fourth-order valence-corrected chi connectivity index (χ4v) is 2.33. The maximum atomic E-state index is 13.3. The monoisotopic (exact) mass is 222 g/mol. The minimum absolute atomic E-state index is 0.0244. The van der Waals surface area contributed by atoms with Gasteiger partial charge in [-0.1, -0.05) is 45.0 Å². The van der Waals surface area contributed by atoms with Crippen LogP contribution in [0.3, 0.4) is 0 Å². The van der Waals surface area contributed by atoms with Gasteiger partial charge in [0.2, 0.25) is 0 Å². The smallest absolute Gasteiger partial charge is 0.130 e. The molecule has 0 saturated heterocycles. The first kappa shape index (κ1) is 10.3. The van der Waals surface area contributed by atoms with Crippen molar-refractivity contribution in [2.45, 2.75) is 0 Å². The van der Waals surface area contributed by atoms with Gasteiger partial charge in [0.05, 0.1) is 0 Å². The summed E-state index contributed by atoms with van der Waals surface area (Å²) in [6.45, 7) is 0. The molecule has 0 radical (unpaired) electrons. The molecule has 0 aromatic heterocycles. The lowest BCUT2D eigenvalue weighted by Crippen LogP contribution is -2.09. The second-order valence-electron chi connectivity index (χ2n) is 3.08. The molecule has 0 bridgehead atoms. The van der Waals surface area contributed by atoms with Crippen molar-refractivity contribution in [2.24, 2.45) is 0 Å². The molecule has 0 aliphatic heterocycles. The van der Waals surface area contributed by atoms with E-state index in [0.29, 0.717) is 10.6 Å². The average Bonchev–Trinajstić information content (AvgIpc) is 2.24. The van der Waals surface area contributed by atoms with Crippen molar-refractivity contribution in [3.8, 4) is 0 Å². The largest absolute Gasteiger partial charge is 0.206 e. The molecule has 0 N–H and O–H groups in total. The van der Waals surface area contributed by atoms with E-state index >= 15 is 0 Å². The summed E-state index contributed by atoms with van der Waals surface area (Å²) in [7, 11) is 0.0244. The molecule has 0 aliphatic carbocycles. The van der Waals surface area contributed by atoms with E-state index in [2.05, 4.69) is 0 Å². The zero-order valence-corrected chi connectivity index (χ0v) is 8.87. The molecule has 0 spiro atoms. The van der Waals surface area contributed by atoms with Crippen LogP contribution in [-0.4, -0.2) is 0 Å². The van der Waals surface area contributed by atoms with Gasteiger partial charge < -0.3 is 0 Å². The molecule has 0 aliphatic rings. The molecule has 0 nitrogen and oxygen atoms in total.